The molecule has 1 N–H and O–H groups in total. The second-order valence-corrected chi connectivity index (χ2v) is 5.12. The lowest BCUT2D eigenvalue weighted by molar-refractivity contribution is 0.249. The molecule has 14 heavy (non-hydrogen) atoms. The molecule has 0 aliphatic rings. The van der Waals surface area contributed by atoms with E-state index in [1.807, 2.05) is 32.0 Å². The average molecular weight is 215 g/mol. The van der Waals surface area contributed by atoms with Crippen molar-refractivity contribution >= 4 is 7.94 Å². The van der Waals surface area contributed by atoms with Gasteiger partial charge >= 0.3 is 7.94 Å². The summed E-state index contributed by atoms with van der Waals surface area (Å²) in [6, 6.07) is 9.23. The van der Waals surface area contributed by atoms with Crippen molar-refractivity contribution in [2.45, 2.75) is 13.8 Å². The first-order valence-electron chi connectivity index (χ1n) is 4.70. The van der Waals surface area contributed by atoms with E-state index < -0.39 is 7.94 Å². The Morgan fingerprint density at radius 2 is 1.86 bits per heavy atom. The summed E-state index contributed by atoms with van der Waals surface area (Å²) >= 11 is 0. The Morgan fingerprint density at radius 1 is 1.21 bits per heavy atom. The third-order valence-electron chi connectivity index (χ3n) is 1.72. The minimum absolute atomic E-state index is 0.463. The van der Waals surface area contributed by atoms with E-state index in [2.05, 4.69) is 0 Å². The summed E-state index contributed by atoms with van der Waals surface area (Å²) in [4.78, 5) is 9.94. The van der Waals surface area contributed by atoms with Crippen LogP contribution in [-0.4, -0.2) is 17.7 Å². The van der Waals surface area contributed by atoms with Crippen molar-refractivity contribution in [2.75, 3.05) is 12.8 Å². The first-order valence-corrected chi connectivity index (χ1v) is 6.46. The van der Waals surface area contributed by atoms with Gasteiger partial charge in [0.2, 0.25) is 0 Å². The van der Waals surface area contributed by atoms with Crippen LogP contribution < -0.4 is 4.52 Å². The van der Waals surface area contributed by atoms with Crippen LogP contribution in [0.25, 0.3) is 0 Å². The lowest BCUT2D eigenvalue weighted by Crippen LogP contribution is -2.07. The van der Waals surface area contributed by atoms with Gasteiger partial charge in [-0.1, -0.05) is 18.2 Å². The minimum atomic E-state index is -2.67. The van der Waals surface area contributed by atoms with E-state index in [0.29, 0.717) is 18.5 Å². The van der Waals surface area contributed by atoms with Crippen LogP contribution in [0.3, 0.4) is 0 Å². The summed E-state index contributed by atoms with van der Waals surface area (Å²) in [7, 11) is -2.67. The molecule has 0 saturated carbocycles. The molecule has 0 fully saturated rings. The van der Waals surface area contributed by atoms with Crippen LogP contribution in [0.4, 0.5) is 0 Å². The highest BCUT2D eigenvalue weighted by Gasteiger charge is 2.39. The van der Waals surface area contributed by atoms with Crippen molar-refractivity contribution < 1.29 is 13.9 Å². The number of rotatable bonds is 5. The van der Waals surface area contributed by atoms with E-state index in [-0.39, 0.29) is 0 Å². The molecule has 1 aromatic carbocycles. The molecule has 0 aromatic heterocycles. The van der Waals surface area contributed by atoms with Crippen molar-refractivity contribution in [3.8, 4) is 5.75 Å². The normalized spacial score (nSPS) is 14.8. The van der Waals surface area contributed by atoms with Gasteiger partial charge in [-0.3, -0.25) is 4.52 Å². The van der Waals surface area contributed by atoms with Crippen LogP contribution in [-0.2, 0) is 4.52 Å². The third kappa shape index (κ3) is 3.26. The van der Waals surface area contributed by atoms with Crippen LogP contribution in [0.15, 0.2) is 30.3 Å². The fourth-order valence-electron chi connectivity index (χ4n) is 1.03. The lowest BCUT2D eigenvalue weighted by Gasteiger charge is -2.14. The highest BCUT2D eigenvalue weighted by Crippen LogP contribution is 2.55. The van der Waals surface area contributed by atoms with E-state index in [9.17, 15) is 4.89 Å². The zero-order valence-electron chi connectivity index (χ0n) is 8.51. The second-order valence-electron chi connectivity index (χ2n) is 2.78. The molecule has 4 heteroatoms. The summed E-state index contributed by atoms with van der Waals surface area (Å²) in [6.07, 6.45) is 0.496. The van der Waals surface area contributed by atoms with Crippen molar-refractivity contribution in [2.24, 2.45) is 0 Å². The smallest absolute Gasteiger partial charge is 0.287 e. The maximum atomic E-state index is 9.94. The Balaban J connectivity index is 2.65. The van der Waals surface area contributed by atoms with Gasteiger partial charge in [0.05, 0.1) is 6.61 Å². The van der Waals surface area contributed by atoms with Crippen LogP contribution in [0, 0.1) is 0 Å². The molecule has 1 aromatic rings. The molecular formula is C10H16O3P+. The summed E-state index contributed by atoms with van der Waals surface area (Å²) in [5, 5.41) is 0. The monoisotopic (exact) mass is 215 g/mol. The molecule has 0 heterocycles. The topological polar surface area (TPSA) is 38.7 Å². The first-order chi connectivity index (χ1) is 6.70. The van der Waals surface area contributed by atoms with Gasteiger partial charge < -0.3 is 0 Å². The highest BCUT2D eigenvalue weighted by molar-refractivity contribution is 7.60. The quantitative estimate of drug-likeness (QED) is 0.767. The molecule has 0 aliphatic heterocycles. The van der Waals surface area contributed by atoms with Crippen molar-refractivity contribution in [3.05, 3.63) is 30.3 Å². The largest absolute Gasteiger partial charge is 0.454 e. The maximum absolute atomic E-state index is 9.94. The summed E-state index contributed by atoms with van der Waals surface area (Å²) < 4.78 is 10.7. The lowest BCUT2D eigenvalue weighted by atomic mass is 10.3. The van der Waals surface area contributed by atoms with Crippen LogP contribution in [0.5, 0.6) is 5.75 Å². The Kier molecular flexibility index (Phi) is 4.33. The van der Waals surface area contributed by atoms with Crippen LogP contribution >= 0.6 is 7.94 Å². The SMILES string of the molecule is CCO[P+](O)(CC)Oc1ccccc1. The van der Waals surface area contributed by atoms with E-state index in [1.165, 1.54) is 0 Å². The van der Waals surface area contributed by atoms with Gasteiger partial charge in [-0.2, -0.15) is 9.42 Å². The number of hydrogen-bond donors (Lipinski definition) is 1. The van der Waals surface area contributed by atoms with Gasteiger partial charge in [0, 0.05) is 0 Å². The molecule has 0 amide bonds. The molecular weight excluding hydrogens is 199 g/mol. The van der Waals surface area contributed by atoms with Crippen molar-refractivity contribution in [3.63, 3.8) is 0 Å². The molecule has 1 atom stereocenters. The van der Waals surface area contributed by atoms with Gasteiger partial charge in [0.15, 0.2) is 5.75 Å². The van der Waals surface area contributed by atoms with E-state index in [4.69, 9.17) is 9.05 Å². The van der Waals surface area contributed by atoms with Gasteiger partial charge in [0.1, 0.15) is 6.16 Å². The fraction of sp³-hybridized carbons (Fsp3) is 0.400. The predicted molar refractivity (Wildman–Crippen MR) is 58.4 cm³/mol. The summed E-state index contributed by atoms with van der Waals surface area (Å²) in [5.41, 5.74) is 0. The minimum Gasteiger partial charge on any atom is -0.287 e. The van der Waals surface area contributed by atoms with Crippen LogP contribution in [0.1, 0.15) is 13.8 Å². The van der Waals surface area contributed by atoms with Gasteiger partial charge in [0.25, 0.3) is 0 Å². The Hall–Kier alpha value is -0.630. The molecule has 0 bridgehead atoms. The van der Waals surface area contributed by atoms with Gasteiger partial charge in [-0.25, -0.2) is 0 Å². The molecule has 0 saturated heterocycles. The zero-order chi connectivity index (χ0) is 10.4. The Labute approximate surface area is 85.3 Å². The molecule has 78 valence electrons. The molecule has 0 aliphatic carbocycles. The molecule has 0 spiro atoms. The zero-order valence-corrected chi connectivity index (χ0v) is 9.41. The predicted octanol–water partition coefficient (Wildman–Crippen LogP) is 2.88. The van der Waals surface area contributed by atoms with Gasteiger partial charge in [-0.05, 0) is 26.0 Å². The van der Waals surface area contributed by atoms with E-state index >= 15 is 0 Å². The van der Waals surface area contributed by atoms with Crippen molar-refractivity contribution in [1.82, 2.24) is 0 Å². The Bertz CT molecular complexity index is 265. The highest BCUT2D eigenvalue weighted by atomic mass is 31.2. The first kappa shape index (κ1) is 11.4. The number of para-hydroxylation sites is 1. The second kappa shape index (κ2) is 5.30. The maximum Gasteiger partial charge on any atom is 0.454 e. The fourth-order valence-corrected chi connectivity index (χ4v) is 2.25. The van der Waals surface area contributed by atoms with E-state index in [1.54, 1.807) is 12.1 Å². The number of hydrogen-bond acceptors (Lipinski definition) is 3. The Morgan fingerprint density at radius 3 is 2.36 bits per heavy atom. The van der Waals surface area contributed by atoms with E-state index in [0.717, 1.165) is 0 Å². The molecule has 1 unspecified atom stereocenters. The average Bonchev–Trinajstić information content (AvgIpc) is 2.20. The summed E-state index contributed by atoms with van der Waals surface area (Å²) in [6.45, 7) is 4.16. The van der Waals surface area contributed by atoms with Crippen LogP contribution in [0.2, 0.25) is 0 Å². The van der Waals surface area contributed by atoms with Crippen molar-refractivity contribution in [1.29, 1.82) is 0 Å². The molecule has 3 nitrogen and oxygen atoms in total. The third-order valence-corrected chi connectivity index (χ3v) is 3.68. The summed E-state index contributed by atoms with van der Waals surface area (Å²) in [5.74, 6) is 0.652. The number of benzene rings is 1. The standard InChI is InChI=1S/C10H16O3P/c1-3-12-14(11,4-2)13-10-8-6-5-7-9-10/h5-9,11H,3-4H2,1-2H3/q+1. The molecule has 1 rings (SSSR count). The van der Waals surface area contributed by atoms with Gasteiger partial charge in [-0.15, -0.1) is 0 Å². The molecule has 0 radical (unpaired) electrons.